The Bertz CT molecular complexity index is 955. The molecule has 1 amide bonds. The summed E-state index contributed by atoms with van der Waals surface area (Å²) in [6, 6.07) is 16.5. The minimum Gasteiger partial charge on any atom is -0.449 e. The summed E-state index contributed by atoms with van der Waals surface area (Å²) in [6.07, 6.45) is 4.11. The zero-order chi connectivity index (χ0) is 23.5. The number of amides is 1. The average Bonchev–Trinajstić information content (AvgIpc) is 3.16. The number of unbranched alkanes of at least 4 members (excludes halogenated alkanes) is 2. The van der Waals surface area contributed by atoms with Gasteiger partial charge < -0.3 is 10.1 Å². The van der Waals surface area contributed by atoms with Crippen LogP contribution in [0.1, 0.15) is 62.5 Å². The van der Waals surface area contributed by atoms with Crippen molar-refractivity contribution in [2.75, 3.05) is 19.7 Å². The second kappa shape index (κ2) is 12.7. The lowest BCUT2D eigenvalue weighted by molar-refractivity contribution is -0.122. The Morgan fingerprint density at radius 1 is 1.03 bits per heavy atom. The van der Waals surface area contributed by atoms with Gasteiger partial charge in [-0.05, 0) is 53.5 Å². The van der Waals surface area contributed by atoms with Gasteiger partial charge in [-0.3, -0.25) is 4.79 Å². The van der Waals surface area contributed by atoms with Gasteiger partial charge in [-0.2, -0.15) is 0 Å². The van der Waals surface area contributed by atoms with Crippen molar-refractivity contribution in [2.24, 2.45) is 11.0 Å². The highest BCUT2D eigenvalue weighted by Gasteiger charge is 2.28. The molecule has 7 nitrogen and oxygen atoms in total. The Hall–Kier alpha value is -3.31. The first kappa shape index (κ1) is 24.3. The monoisotopic (exact) mass is 448 g/mol. The molecule has 1 atom stereocenters. The smallest absolute Gasteiger partial charge is 0.407 e. The minimum absolute atomic E-state index is 0.0129. The molecule has 2 aromatic carbocycles. The Kier molecular flexibility index (Phi) is 9.33. The predicted octanol–water partition coefficient (Wildman–Crippen LogP) is 6.38. The van der Waals surface area contributed by atoms with Crippen LogP contribution in [0.5, 0.6) is 0 Å². The van der Waals surface area contributed by atoms with Gasteiger partial charge in [0.05, 0.1) is 0 Å². The van der Waals surface area contributed by atoms with Crippen molar-refractivity contribution in [1.29, 1.82) is 0 Å². The maximum Gasteiger partial charge on any atom is 0.407 e. The van der Waals surface area contributed by atoms with E-state index in [0.717, 1.165) is 32.1 Å². The van der Waals surface area contributed by atoms with Crippen molar-refractivity contribution in [2.45, 2.75) is 51.4 Å². The molecule has 0 saturated heterocycles. The summed E-state index contributed by atoms with van der Waals surface area (Å²) in [5.41, 5.74) is 13.1. The fourth-order valence-electron chi connectivity index (χ4n) is 4.35. The van der Waals surface area contributed by atoms with Crippen molar-refractivity contribution in [3.05, 3.63) is 70.1 Å². The molecule has 174 valence electrons. The number of hydrogen-bond donors (Lipinski definition) is 1. The molecule has 0 spiro atoms. The van der Waals surface area contributed by atoms with Crippen molar-refractivity contribution in [3.63, 3.8) is 0 Å². The molecular formula is C26H32N4O3. The summed E-state index contributed by atoms with van der Waals surface area (Å²) in [6.45, 7) is 3.24. The third-order valence-electron chi connectivity index (χ3n) is 6.22. The molecule has 2 aromatic rings. The molecule has 0 radical (unpaired) electrons. The average molecular weight is 449 g/mol. The highest BCUT2D eigenvalue weighted by atomic mass is 16.5. The fourth-order valence-corrected chi connectivity index (χ4v) is 4.35. The van der Waals surface area contributed by atoms with Crippen LogP contribution in [-0.4, -0.2) is 31.6 Å². The first-order chi connectivity index (χ1) is 16.1. The summed E-state index contributed by atoms with van der Waals surface area (Å²) < 4.78 is 5.54. The van der Waals surface area contributed by atoms with Crippen LogP contribution in [0.4, 0.5) is 4.79 Å². The number of carbonyl (C=O) groups excluding carboxylic acids is 2. The summed E-state index contributed by atoms with van der Waals surface area (Å²) in [5.74, 6) is 0.320. The van der Waals surface area contributed by atoms with E-state index in [0.29, 0.717) is 26.1 Å². The SMILES string of the molecule is C[C@@H](CCCCNC(=O)OCC1c2ccccc2-c2ccccc21)C(=O)CCCCN=[N+]=[N-]. The molecule has 0 saturated carbocycles. The molecule has 3 rings (SSSR count). The van der Waals surface area contributed by atoms with Gasteiger partial charge in [-0.25, -0.2) is 4.79 Å². The van der Waals surface area contributed by atoms with E-state index < -0.39 is 6.09 Å². The van der Waals surface area contributed by atoms with Crippen molar-refractivity contribution >= 4 is 11.9 Å². The number of benzene rings is 2. The van der Waals surface area contributed by atoms with E-state index in [9.17, 15) is 9.59 Å². The molecule has 0 unspecified atom stereocenters. The number of Topliss-reactive ketones (excluding diaryl/α,β-unsaturated/α-hetero) is 1. The largest absolute Gasteiger partial charge is 0.449 e. The van der Waals surface area contributed by atoms with Crippen molar-refractivity contribution < 1.29 is 14.3 Å². The van der Waals surface area contributed by atoms with Gasteiger partial charge in [0, 0.05) is 36.3 Å². The zero-order valence-electron chi connectivity index (χ0n) is 19.2. The Balaban J connectivity index is 1.32. The van der Waals surface area contributed by atoms with E-state index in [-0.39, 0.29) is 17.6 Å². The van der Waals surface area contributed by atoms with E-state index >= 15 is 0 Å². The number of alkyl carbamates (subject to hydrolysis) is 1. The number of fused-ring (bicyclic) bond motifs is 3. The van der Waals surface area contributed by atoms with Crippen LogP contribution in [0.2, 0.25) is 0 Å². The van der Waals surface area contributed by atoms with Crippen LogP contribution in [0, 0.1) is 5.92 Å². The fraction of sp³-hybridized carbons (Fsp3) is 0.462. The summed E-state index contributed by atoms with van der Waals surface area (Å²) >= 11 is 0. The van der Waals surface area contributed by atoms with E-state index in [2.05, 4.69) is 39.6 Å². The number of hydrogen-bond acceptors (Lipinski definition) is 4. The number of nitrogens with zero attached hydrogens (tertiary/aromatic N) is 3. The zero-order valence-corrected chi connectivity index (χ0v) is 19.2. The van der Waals surface area contributed by atoms with Crippen LogP contribution in [-0.2, 0) is 9.53 Å². The van der Waals surface area contributed by atoms with Crippen molar-refractivity contribution in [1.82, 2.24) is 5.32 Å². The number of ether oxygens (including phenoxy) is 1. The summed E-state index contributed by atoms with van der Waals surface area (Å²) in [7, 11) is 0. The molecule has 0 heterocycles. The van der Waals surface area contributed by atoms with Crippen molar-refractivity contribution in [3.8, 4) is 11.1 Å². The third-order valence-corrected chi connectivity index (χ3v) is 6.22. The van der Waals surface area contributed by atoms with Crippen LogP contribution in [0.15, 0.2) is 53.6 Å². The second-order valence-corrected chi connectivity index (χ2v) is 8.53. The lowest BCUT2D eigenvalue weighted by Crippen LogP contribution is -2.27. The second-order valence-electron chi connectivity index (χ2n) is 8.53. The Labute approximate surface area is 195 Å². The van der Waals surface area contributed by atoms with Gasteiger partial charge in [-0.15, -0.1) is 0 Å². The minimum atomic E-state index is -0.402. The van der Waals surface area contributed by atoms with Gasteiger partial charge in [0.25, 0.3) is 0 Å². The van der Waals surface area contributed by atoms with Gasteiger partial charge in [0.2, 0.25) is 0 Å². The van der Waals surface area contributed by atoms with Crippen LogP contribution < -0.4 is 5.32 Å². The molecule has 33 heavy (non-hydrogen) atoms. The Morgan fingerprint density at radius 2 is 1.70 bits per heavy atom. The molecule has 1 aliphatic rings. The summed E-state index contributed by atoms with van der Waals surface area (Å²) in [5, 5.41) is 6.30. The number of rotatable bonds is 13. The van der Waals surface area contributed by atoms with E-state index in [1.807, 2.05) is 31.2 Å². The van der Waals surface area contributed by atoms with Gasteiger partial charge in [0.1, 0.15) is 12.4 Å². The predicted molar refractivity (Wildman–Crippen MR) is 129 cm³/mol. The molecule has 0 bridgehead atoms. The quantitative estimate of drug-likeness (QED) is 0.166. The third kappa shape index (κ3) is 6.83. The highest BCUT2D eigenvalue weighted by molar-refractivity contribution is 5.80. The van der Waals surface area contributed by atoms with Gasteiger partial charge >= 0.3 is 6.09 Å². The lowest BCUT2D eigenvalue weighted by Gasteiger charge is -2.15. The molecule has 1 aliphatic carbocycles. The topological polar surface area (TPSA) is 104 Å². The molecule has 7 heteroatoms. The number of nitrogens with one attached hydrogen (secondary N) is 1. The van der Waals surface area contributed by atoms with Crippen LogP contribution in [0.3, 0.4) is 0 Å². The molecule has 0 aliphatic heterocycles. The molecule has 1 N–H and O–H groups in total. The maximum absolute atomic E-state index is 12.2. The van der Waals surface area contributed by atoms with Crippen LogP contribution in [0.25, 0.3) is 21.6 Å². The van der Waals surface area contributed by atoms with Gasteiger partial charge in [0.15, 0.2) is 0 Å². The lowest BCUT2D eigenvalue weighted by atomic mass is 9.96. The normalized spacial score (nSPS) is 12.9. The maximum atomic E-state index is 12.2. The van der Waals surface area contributed by atoms with Gasteiger partial charge in [-0.1, -0.05) is 67.0 Å². The first-order valence-electron chi connectivity index (χ1n) is 11.7. The van der Waals surface area contributed by atoms with E-state index in [4.69, 9.17) is 10.3 Å². The standard InChI is InChI=1S/C26H32N4O3/c1-19(25(31)15-7-9-17-29-30-27)10-6-8-16-28-26(32)33-18-24-22-13-4-2-11-20(22)21-12-3-5-14-23(21)24/h2-5,11-14,19,24H,6-10,15-18H2,1H3,(H,28,32)/t19-/m0/s1. The number of carbonyl (C=O) groups is 2. The number of azide groups is 1. The molecule has 0 fully saturated rings. The summed E-state index contributed by atoms with van der Waals surface area (Å²) in [4.78, 5) is 27.1. The van der Waals surface area contributed by atoms with E-state index in [1.165, 1.54) is 22.3 Å². The number of ketones is 1. The highest BCUT2D eigenvalue weighted by Crippen LogP contribution is 2.44. The van der Waals surface area contributed by atoms with Crippen LogP contribution >= 0.6 is 0 Å². The Morgan fingerprint density at radius 3 is 2.36 bits per heavy atom. The van der Waals surface area contributed by atoms with E-state index in [1.54, 1.807) is 0 Å². The first-order valence-corrected chi connectivity index (χ1v) is 11.7. The molecular weight excluding hydrogens is 416 g/mol. The molecule has 0 aromatic heterocycles.